The average molecular weight is 183 g/mol. The Morgan fingerprint density at radius 1 is 1.23 bits per heavy atom. The van der Waals surface area contributed by atoms with Crippen molar-refractivity contribution in [2.75, 3.05) is 0 Å². The zero-order chi connectivity index (χ0) is 9.53. The van der Waals surface area contributed by atoms with Gasteiger partial charge in [0.1, 0.15) is 0 Å². The van der Waals surface area contributed by atoms with Crippen molar-refractivity contribution < 1.29 is 5.11 Å². The Hall–Kier alpha value is -0.0800. The van der Waals surface area contributed by atoms with Gasteiger partial charge in [-0.25, -0.2) is 0 Å². The summed E-state index contributed by atoms with van der Waals surface area (Å²) in [5.41, 5.74) is 5.44. The molecule has 2 rings (SSSR count). The Kier molecular flexibility index (Phi) is 2.16. The fraction of sp³-hybridized carbons (Fsp3) is 1.00. The second-order valence-corrected chi connectivity index (χ2v) is 5.14. The maximum atomic E-state index is 10.4. The van der Waals surface area contributed by atoms with Crippen molar-refractivity contribution in [3.8, 4) is 0 Å². The third-order valence-corrected chi connectivity index (χ3v) is 4.13. The monoisotopic (exact) mass is 183 g/mol. The summed E-state index contributed by atoms with van der Waals surface area (Å²) in [6.45, 7) is 1.95. The van der Waals surface area contributed by atoms with E-state index >= 15 is 0 Å². The zero-order valence-electron chi connectivity index (χ0n) is 8.55. The average Bonchev–Trinajstić information content (AvgIpc) is 2.87. The van der Waals surface area contributed by atoms with Crippen LogP contribution in [0.3, 0.4) is 0 Å². The van der Waals surface area contributed by atoms with Crippen molar-refractivity contribution in [1.82, 2.24) is 0 Å². The van der Waals surface area contributed by atoms with E-state index in [4.69, 9.17) is 5.73 Å². The second kappa shape index (κ2) is 2.96. The molecule has 13 heavy (non-hydrogen) atoms. The molecule has 2 aliphatic carbocycles. The summed E-state index contributed by atoms with van der Waals surface area (Å²) in [6.07, 6.45) is 8.04. The number of hydrogen-bond donors (Lipinski definition) is 2. The van der Waals surface area contributed by atoms with Crippen LogP contribution < -0.4 is 5.73 Å². The summed E-state index contributed by atoms with van der Waals surface area (Å²) >= 11 is 0. The summed E-state index contributed by atoms with van der Waals surface area (Å²) < 4.78 is 0. The first kappa shape index (κ1) is 9.47. The summed E-state index contributed by atoms with van der Waals surface area (Å²) in [5.74, 6) is 0.482. The minimum Gasteiger partial charge on any atom is -0.388 e. The third-order valence-electron chi connectivity index (χ3n) is 4.13. The lowest BCUT2D eigenvalue weighted by Crippen LogP contribution is -2.61. The molecule has 0 spiro atoms. The quantitative estimate of drug-likeness (QED) is 0.686. The Balaban J connectivity index is 2.10. The number of aliphatic hydroxyl groups is 1. The molecule has 0 aromatic heterocycles. The predicted octanol–water partition coefficient (Wildman–Crippen LogP) is 1.81. The molecule has 0 bridgehead atoms. The van der Waals surface area contributed by atoms with Crippen molar-refractivity contribution >= 4 is 0 Å². The highest BCUT2D eigenvalue weighted by Gasteiger charge is 2.52. The first-order valence-electron chi connectivity index (χ1n) is 5.57. The molecule has 2 aliphatic rings. The summed E-state index contributed by atoms with van der Waals surface area (Å²) in [6, 6.07) is 0. The van der Waals surface area contributed by atoms with E-state index in [0.717, 1.165) is 12.8 Å². The minimum atomic E-state index is -0.604. The zero-order valence-corrected chi connectivity index (χ0v) is 8.55. The minimum absolute atomic E-state index is 0.285. The van der Waals surface area contributed by atoms with E-state index < -0.39 is 5.60 Å². The van der Waals surface area contributed by atoms with Gasteiger partial charge in [0.15, 0.2) is 0 Å². The molecule has 0 radical (unpaired) electrons. The van der Waals surface area contributed by atoms with Crippen molar-refractivity contribution in [2.24, 2.45) is 11.7 Å². The van der Waals surface area contributed by atoms with Crippen LogP contribution in [0.25, 0.3) is 0 Å². The van der Waals surface area contributed by atoms with Crippen LogP contribution in [0.5, 0.6) is 0 Å². The van der Waals surface area contributed by atoms with E-state index in [1.165, 1.54) is 32.1 Å². The standard InChI is InChI=1S/C11H21NO/c1-10(13,9-5-6-9)11(12)7-3-2-4-8-11/h9,13H,2-8,12H2,1H3. The molecule has 2 fully saturated rings. The maximum Gasteiger partial charge on any atom is 0.0826 e. The van der Waals surface area contributed by atoms with Gasteiger partial charge in [-0.1, -0.05) is 19.3 Å². The van der Waals surface area contributed by atoms with E-state index in [0.29, 0.717) is 5.92 Å². The topological polar surface area (TPSA) is 46.2 Å². The van der Waals surface area contributed by atoms with Crippen molar-refractivity contribution in [3.63, 3.8) is 0 Å². The van der Waals surface area contributed by atoms with Crippen LogP contribution in [0, 0.1) is 5.92 Å². The highest BCUT2D eigenvalue weighted by molar-refractivity contribution is 5.09. The second-order valence-electron chi connectivity index (χ2n) is 5.14. The van der Waals surface area contributed by atoms with Crippen LogP contribution >= 0.6 is 0 Å². The summed E-state index contributed by atoms with van der Waals surface area (Å²) in [4.78, 5) is 0. The molecule has 0 amide bonds. The van der Waals surface area contributed by atoms with Gasteiger partial charge < -0.3 is 10.8 Å². The molecule has 76 valence electrons. The SMILES string of the molecule is CC(O)(C1CC1)C1(N)CCCCC1. The molecule has 0 aliphatic heterocycles. The molecule has 0 heterocycles. The molecular formula is C11H21NO. The molecule has 2 nitrogen and oxygen atoms in total. The molecule has 2 saturated carbocycles. The van der Waals surface area contributed by atoms with Crippen LogP contribution in [0.4, 0.5) is 0 Å². The predicted molar refractivity (Wildman–Crippen MR) is 53.4 cm³/mol. The summed E-state index contributed by atoms with van der Waals surface area (Å²) in [5, 5.41) is 10.4. The lowest BCUT2D eigenvalue weighted by atomic mass is 9.69. The molecule has 2 heteroatoms. The van der Waals surface area contributed by atoms with E-state index in [1.54, 1.807) is 0 Å². The van der Waals surface area contributed by atoms with Gasteiger partial charge in [-0.3, -0.25) is 0 Å². The van der Waals surface area contributed by atoms with Gasteiger partial charge in [-0.2, -0.15) is 0 Å². The fourth-order valence-corrected chi connectivity index (χ4v) is 2.74. The van der Waals surface area contributed by atoms with Crippen LogP contribution in [-0.4, -0.2) is 16.2 Å². The lowest BCUT2D eigenvalue weighted by molar-refractivity contribution is -0.0543. The molecule has 1 atom stereocenters. The van der Waals surface area contributed by atoms with Gasteiger partial charge in [0.2, 0.25) is 0 Å². The van der Waals surface area contributed by atoms with Crippen molar-refractivity contribution in [1.29, 1.82) is 0 Å². The molecule has 0 aromatic rings. The van der Waals surface area contributed by atoms with Gasteiger partial charge in [0.25, 0.3) is 0 Å². The van der Waals surface area contributed by atoms with Crippen LogP contribution in [-0.2, 0) is 0 Å². The van der Waals surface area contributed by atoms with Gasteiger partial charge >= 0.3 is 0 Å². The van der Waals surface area contributed by atoms with Crippen molar-refractivity contribution in [3.05, 3.63) is 0 Å². The van der Waals surface area contributed by atoms with Gasteiger partial charge in [-0.05, 0) is 38.5 Å². The fourth-order valence-electron chi connectivity index (χ4n) is 2.74. The Morgan fingerprint density at radius 3 is 2.23 bits per heavy atom. The molecular weight excluding hydrogens is 162 g/mol. The molecule has 0 aromatic carbocycles. The van der Waals surface area contributed by atoms with Gasteiger partial charge in [0, 0.05) is 5.54 Å². The number of rotatable bonds is 2. The first-order valence-corrected chi connectivity index (χ1v) is 5.57. The van der Waals surface area contributed by atoms with Gasteiger partial charge in [0.05, 0.1) is 5.60 Å². The highest BCUT2D eigenvalue weighted by atomic mass is 16.3. The Bertz CT molecular complexity index is 190. The molecule has 1 unspecified atom stereocenters. The van der Waals surface area contributed by atoms with Crippen LogP contribution in [0.2, 0.25) is 0 Å². The van der Waals surface area contributed by atoms with Crippen molar-refractivity contribution in [2.45, 2.75) is 63.0 Å². The maximum absolute atomic E-state index is 10.4. The summed E-state index contributed by atoms with van der Waals surface area (Å²) in [7, 11) is 0. The normalized spacial score (nSPS) is 32.5. The number of nitrogens with two attached hydrogens (primary N) is 1. The lowest BCUT2D eigenvalue weighted by Gasteiger charge is -2.45. The van der Waals surface area contributed by atoms with E-state index in [1.807, 2.05) is 6.92 Å². The van der Waals surface area contributed by atoms with E-state index in [2.05, 4.69) is 0 Å². The number of hydrogen-bond acceptors (Lipinski definition) is 2. The smallest absolute Gasteiger partial charge is 0.0826 e. The van der Waals surface area contributed by atoms with Crippen LogP contribution in [0.15, 0.2) is 0 Å². The van der Waals surface area contributed by atoms with Crippen LogP contribution in [0.1, 0.15) is 51.9 Å². The highest BCUT2D eigenvalue weighted by Crippen LogP contribution is 2.48. The first-order chi connectivity index (χ1) is 6.06. The third kappa shape index (κ3) is 1.50. The Labute approximate surface area is 80.5 Å². The van der Waals surface area contributed by atoms with E-state index in [-0.39, 0.29) is 5.54 Å². The largest absolute Gasteiger partial charge is 0.388 e. The van der Waals surface area contributed by atoms with Gasteiger partial charge in [-0.15, -0.1) is 0 Å². The Morgan fingerprint density at radius 2 is 1.77 bits per heavy atom. The van der Waals surface area contributed by atoms with E-state index in [9.17, 15) is 5.11 Å². The molecule has 0 saturated heterocycles. The molecule has 3 N–H and O–H groups in total.